The lowest BCUT2D eigenvalue weighted by Gasteiger charge is -2.24. The van der Waals surface area contributed by atoms with Crippen LogP contribution in [0.2, 0.25) is 0 Å². The third-order valence-corrected chi connectivity index (χ3v) is 7.31. The zero-order valence-corrected chi connectivity index (χ0v) is 22.7. The maximum absolute atomic E-state index is 13.6. The van der Waals surface area contributed by atoms with Crippen LogP contribution >= 0.6 is 0 Å². The molecule has 5 heteroatoms. The van der Waals surface area contributed by atoms with Crippen LogP contribution in [0.15, 0.2) is 103 Å². The molecule has 0 aromatic heterocycles. The molecule has 1 aliphatic carbocycles. The number of hydrogen-bond acceptors (Lipinski definition) is 3. The van der Waals surface area contributed by atoms with Crippen molar-refractivity contribution < 1.29 is 19.4 Å². The first-order valence-electron chi connectivity index (χ1n) is 14.1. The van der Waals surface area contributed by atoms with E-state index in [2.05, 4.69) is 36.4 Å². The molecular formula is C35H35NO4. The zero-order valence-electron chi connectivity index (χ0n) is 22.7. The van der Waals surface area contributed by atoms with E-state index in [0.29, 0.717) is 25.1 Å². The highest BCUT2D eigenvalue weighted by atomic mass is 16.5. The lowest BCUT2D eigenvalue weighted by atomic mass is 9.99. The molecule has 1 N–H and O–H groups in total. The molecule has 1 fully saturated rings. The number of benzene rings is 4. The number of nitrogens with zero attached hydrogens (tertiary/aromatic N) is 1. The van der Waals surface area contributed by atoms with Gasteiger partial charge in [0, 0.05) is 30.1 Å². The summed E-state index contributed by atoms with van der Waals surface area (Å²) in [4.78, 5) is 26.3. The Kier molecular flexibility index (Phi) is 8.92. The van der Waals surface area contributed by atoms with Crippen LogP contribution in [0.25, 0.3) is 22.3 Å². The van der Waals surface area contributed by atoms with Crippen LogP contribution in [0.1, 0.15) is 54.4 Å². The quantitative estimate of drug-likeness (QED) is 0.178. The molecule has 5 nitrogen and oxygen atoms in total. The molecule has 40 heavy (non-hydrogen) atoms. The molecule has 204 valence electrons. The van der Waals surface area contributed by atoms with Crippen molar-refractivity contribution in [1.82, 2.24) is 4.90 Å². The standard InChI is InChI=1S/C35H35NO4/c37-34(38)13-5-2-8-24-40-33-12-7-6-11-31(33)25-36(32-22-23-32)35(39)30-20-18-29(19-21-30)28-16-14-27(15-17-28)26-9-3-1-4-10-26/h1,3-4,6-7,9-12,14-21,32H,2,5,8,13,22-25H2,(H,37,38). The Balaban J connectivity index is 1.23. The van der Waals surface area contributed by atoms with Gasteiger partial charge in [0.25, 0.3) is 5.91 Å². The summed E-state index contributed by atoms with van der Waals surface area (Å²) in [5.41, 5.74) is 6.25. The highest BCUT2D eigenvalue weighted by Crippen LogP contribution is 2.32. The summed E-state index contributed by atoms with van der Waals surface area (Å²) in [6, 6.07) is 34.9. The first kappa shape index (κ1) is 27.2. The summed E-state index contributed by atoms with van der Waals surface area (Å²) >= 11 is 0. The number of carbonyl (C=O) groups is 2. The molecule has 0 aliphatic heterocycles. The molecule has 0 heterocycles. The highest BCUT2D eigenvalue weighted by Gasteiger charge is 2.33. The van der Waals surface area contributed by atoms with Crippen LogP contribution in [0, 0.1) is 0 Å². The van der Waals surface area contributed by atoms with Gasteiger partial charge < -0.3 is 14.7 Å². The molecule has 0 spiro atoms. The van der Waals surface area contributed by atoms with Gasteiger partial charge in [0.15, 0.2) is 0 Å². The molecule has 4 aromatic carbocycles. The van der Waals surface area contributed by atoms with E-state index in [4.69, 9.17) is 9.84 Å². The fourth-order valence-corrected chi connectivity index (χ4v) is 4.91. The number of para-hydroxylation sites is 1. The van der Waals surface area contributed by atoms with E-state index in [9.17, 15) is 9.59 Å². The second-order valence-corrected chi connectivity index (χ2v) is 10.3. The Morgan fingerprint density at radius 3 is 1.90 bits per heavy atom. The average Bonchev–Trinajstić information content (AvgIpc) is 3.84. The molecule has 1 saturated carbocycles. The Labute approximate surface area is 236 Å². The Morgan fingerprint density at radius 2 is 1.27 bits per heavy atom. The maximum atomic E-state index is 13.6. The first-order valence-corrected chi connectivity index (χ1v) is 14.1. The molecule has 0 unspecified atom stereocenters. The lowest BCUT2D eigenvalue weighted by Crippen LogP contribution is -2.32. The molecule has 0 atom stereocenters. The van der Waals surface area contributed by atoms with Gasteiger partial charge in [-0.05, 0) is 72.6 Å². The van der Waals surface area contributed by atoms with E-state index < -0.39 is 5.97 Å². The number of unbranched alkanes of at least 4 members (excludes halogenated alkanes) is 2. The molecule has 1 amide bonds. The van der Waals surface area contributed by atoms with Gasteiger partial charge in [-0.25, -0.2) is 0 Å². The minimum atomic E-state index is -0.761. The first-order chi connectivity index (χ1) is 19.6. The van der Waals surface area contributed by atoms with Crippen molar-refractivity contribution in [1.29, 1.82) is 0 Å². The van der Waals surface area contributed by atoms with Crippen LogP contribution in [0.4, 0.5) is 0 Å². The number of hydrogen-bond donors (Lipinski definition) is 1. The normalized spacial score (nSPS) is 12.6. The van der Waals surface area contributed by atoms with Crippen molar-refractivity contribution in [2.75, 3.05) is 6.61 Å². The molecule has 4 aromatic rings. The van der Waals surface area contributed by atoms with Gasteiger partial charge in [0.1, 0.15) is 5.75 Å². The monoisotopic (exact) mass is 533 g/mol. The molecule has 5 rings (SSSR count). The number of carbonyl (C=O) groups excluding carboxylic acids is 1. The smallest absolute Gasteiger partial charge is 0.303 e. The van der Waals surface area contributed by atoms with E-state index >= 15 is 0 Å². The van der Waals surface area contributed by atoms with Crippen molar-refractivity contribution in [3.8, 4) is 28.0 Å². The predicted molar refractivity (Wildman–Crippen MR) is 158 cm³/mol. The second-order valence-electron chi connectivity index (χ2n) is 10.3. The third-order valence-electron chi connectivity index (χ3n) is 7.31. The summed E-state index contributed by atoms with van der Waals surface area (Å²) in [5, 5.41) is 8.79. The molecule has 1 aliphatic rings. The van der Waals surface area contributed by atoms with E-state index in [-0.39, 0.29) is 18.4 Å². The predicted octanol–water partition coefficient (Wildman–Crippen LogP) is 7.85. The molecule has 0 radical (unpaired) electrons. The summed E-state index contributed by atoms with van der Waals surface area (Å²) in [5.74, 6) is 0.0636. The fraction of sp³-hybridized carbons (Fsp3) is 0.257. The van der Waals surface area contributed by atoms with Crippen LogP contribution in [0.3, 0.4) is 0 Å². The van der Waals surface area contributed by atoms with Gasteiger partial charge >= 0.3 is 5.97 Å². The van der Waals surface area contributed by atoms with Crippen LogP contribution in [-0.2, 0) is 11.3 Å². The van der Waals surface area contributed by atoms with Crippen LogP contribution in [-0.4, -0.2) is 34.5 Å². The number of rotatable bonds is 13. The second kappa shape index (κ2) is 13.1. The summed E-state index contributed by atoms with van der Waals surface area (Å²) < 4.78 is 6.05. The Hall–Kier alpha value is -4.38. The van der Waals surface area contributed by atoms with Gasteiger partial charge in [-0.15, -0.1) is 0 Å². The van der Waals surface area contributed by atoms with Gasteiger partial charge in [0.2, 0.25) is 0 Å². The number of carboxylic acids is 1. The third kappa shape index (κ3) is 7.17. The van der Waals surface area contributed by atoms with Gasteiger partial charge in [-0.1, -0.05) is 84.9 Å². The maximum Gasteiger partial charge on any atom is 0.303 e. The van der Waals surface area contributed by atoms with Crippen molar-refractivity contribution in [3.05, 3.63) is 114 Å². The molecule has 0 saturated heterocycles. The number of amides is 1. The summed E-state index contributed by atoms with van der Waals surface area (Å²) in [6.45, 7) is 1.03. The van der Waals surface area contributed by atoms with Crippen molar-refractivity contribution in [2.24, 2.45) is 0 Å². The van der Waals surface area contributed by atoms with Gasteiger partial charge in [0.05, 0.1) is 6.61 Å². The zero-order chi connectivity index (χ0) is 27.7. The Morgan fingerprint density at radius 1 is 0.700 bits per heavy atom. The van der Waals surface area contributed by atoms with Crippen molar-refractivity contribution in [3.63, 3.8) is 0 Å². The summed E-state index contributed by atoms with van der Waals surface area (Å²) in [7, 11) is 0. The number of aliphatic carboxylic acids is 1. The number of ether oxygens (including phenoxy) is 1. The highest BCUT2D eigenvalue weighted by molar-refractivity contribution is 5.95. The minimum absolute atomic E-state index is 0.0388. The van der Waals surface area contributed by atoms with Crippen molar-refractivity contribution in [2.45, 2.75) is 51.1 Å². The number of carboxylic acid groups (broad SMARTS) is 1. The largest absolute Gasteiger partial charge is 0.493 e. The van der Waals surface area contributed by atoms with Crippen LogP contribution in [0.5, 0.6) is 5.75 Å². The van der Waals surface area contributed by atoms with Crippen molar-refractivity contribution >= 4 is 11.9 Å². The van der Waals surface area contributed by atoms with E-state index in [1.54, 1.807) is 0 Å². The lowest BCUT2D eigenvalue weighted by molar-refractivity contribution is -0.137. The topological polar surface area (TPSA) is 66.8 Å². The molecular weight excluding hydrogens is 498 g/mol. The van der Waals surface area contributed by atoms with Gasteiger partial charge in [-0.2, -0.15) is 0 Å². The Bertz CT molecular complexity index is 1410. The van der Waals surface area contributed by atoms with E-state index in [1.165, 1.54) is 11.1 Å². The fourth-order valence-electron chi connectivity index (χ4n) is 4.91. The molecule has 0 bridgehead atoms. The minimum Gasteiger partial charge on any atom is -0.493 e. The van der Waals surface area contributed by atoms with E-state index in [1.807, 2.05) is 71.6 Å². The van der Waals surface area contributed by atoms with E-state index in [0.717, 1.165) is 48.1 Å². The van der Waals surface area contributed by atoms with Crippen LogP contribution < -0.4 is 4.74 Å². The van der Waals surface area contributed by atoms with Gasteiger partial charge in [-0.3, -0.25) is 9.59 Å². The summed E-state index contributed by atoms with van der Waals surface area (Å²) in [6.07, 6.45) is 4.50. The average molecular weight is 534 g/mol. The SMILES string of the molecule is O=C(O)CCCCCOc1ccccc1CN(C(=O)c1ccc(-c2ccc(-c3ccccc3)cc2)cc1)C1CC1.